The zero-order valence-electron chi connectivity index (χ0n) is 14.9. The molecule has 3 aromatic heterocycles. The fraction of sp³-hybridized carbons (Fsp3) is 0.333. The van der Waals surface area contributed by atoms with E-state index >= 15 is 0 Å². The zero-order chi connectivity index (χ0) is 19.0. The number of carbonyl (C=O) groups is 2. The van der Waals surface area contributed by atoms with Crippen molar-refractivity contribution in [3.05, 3.63) is 48.5 Å². The van der Waals surface area contributed by atoms with Crippen LogP contribution in [0.4, 0.5) is 0 Å². The first-order valence-corrected chi connectivity index (χ1v) is 9.72. The minimum absolute atomic E-state index is 0.0805. The summed E-state index contributed by atoms with van der Waals surface area (Å²) in [6.07, 6.45) is 1.36. The van der Waals surface area contributed by atoms with E-state index < -0.39 is 5.97 Å². The van der Waals surface area contributed by atoms with E-state index in [0.717, 1.165) is 21.1 Å². The maximum absolute atomic E-state index is 12.8. The lowest BCUT2D eigenvalue weighted by Crippen LogP contribution is -2.24. The Hall–Kier alpha value is -2.32. The minimum Gasteiger partial charge on any atom is -0.462 e. The van der Waals surface area contributed by atoms with Crippen molar-refractivity contribution in [1.29, 1.82) is 0 Å². The highest BCUT2D eigenvalue weighted by Gasteiger charge is 2.21. The Kier molecular flexibility index (Phi) is 5.06. The van der Waals surface area contributed by atoms with Gasteiger partial charge in [0.15, 0.2) is 5.78 Å². The van der Waals surface area contributed by atoms with Crippen LogP contribution in [0, 0.1) is 20.8 Å². The number of fused-ring (bicyclic) bond motifs is 1. The lowest BCUT2D eigenvalue weighted by Gasteiger charge is -2.05. The highest BCUT2D eigenvalue weighted by Crippen LogP contribution is 2.27. The van der Waals surface area contributed by atoms with Crippen molar-refractivity contribution >= 4 is 44.6 Å². The summed E-state index contributed by atoms with van der Waals surface area (Å²) in [5, 5.41) is 0.367. The van der Waals surface area contributed by atoms with E-state index in [1.807, 2.05) is 19.9 Å². The number of esters is 1. The second-order valence-corrected chi connectivity index (χ2v) is 8.34. The van der Waals surface area contributed by atoms with Gasteiger partial charge in [-0.25, -0.2) is 9.78 Å². The molecule has 136 valence electrons. The monoisotopic (exact) mass is 390 g/mol. The summed E-state index contributed by atoms with van der Waals surface area (Å²) in [7, 11) is 0. The summed E-state index contributed by atoms with van der Waals surface area (Å²) in [5.74, 6) is -0.590. The molecule has 0 aromatic carbocycles. The molecule has 6 nitrogen and oxygen atoms in total. The van der Waals surface area contributed by atoms with Gasteiger partial charge in [-0.05, 0) is 39.3 Å². The van der Waals surface area contributed by atoms with Crippen molar-refractivity contribution in [1.82, 2.24) is 9.55 Å². The molecular formula is C18H18N2O4S2. The molecule has 0 radical (unpaired) electrons. The largest absolute Gasteiger partial charge is 0.462 e. The highest BCUT2D eigenvalue weighted by molar-refractivity contribution is 7.20. The van der Waals surface area contributed by atoms with Crippen molar-refractivity contribution in [2.75, 3.05) is 6.61 Å². The molecule has 0 atom stereocenters. The van der Waals surface area contributed by atoms with Gasteiger partial charge in [0.25, 0.3) is 5.56 Å². The summed E-state index contributed by atoms with van der Waals surface area (Å²) in [4.78, 5) is 44.5. The Morgan fingerprint density at radius 3 is 2.58 bits per heavy atom. The normalized spacial score (nSPS) is 11.1. The number of nitrogens with zero attached hydrogens (tertiary/aromatic N) is 2. The summed E-state index contributed by atoms with van der Waals surface area (Å²) >= 11 is 2.69. The van der Waals surface area contributed by atoms with Crippen LogP contribution in [0.25, 0.3) is 10.2 Å². The Morgan fingerprint density at radius 1 is 1.23 bits per heavy atom. The quantitative estimate of drug-likeness (QED) is 0.492. The van der Waals surface area contributed by atoms with Gasteiger partial charge in [-0.3, -0.25) is 14.2 Å². The third-order valence-electron chi connectivity index (χ3n) is 4.03. The van der Waals surface area contributed by atoms with Crippen molar-refractivity contribution in [2.45, 2.75) is 34.2 Å². The molecule has 0 N–H and O–H groups in total. The third kappa shape index (κ3) is 3.22. The average Bonchev–Trinajstić information content (AvgIpc) is 3.10. The summed E-state index contributed by atoms with van der Waals surface area (Å²) in [5.41, 5.74) is 0.858. The number of hydrogen-bond acceptors (Lipinski definition) is 7. The fourth-order valence-corrected chi connectivity index (χ4v) is 4.79. The van der Waals surface area contributed by atoms with E-state index in [1.54, 1.807) is 25.2 Å². The van der Waals surface area contributed by atoms with Crippen LogP contribution < -0.4 is 5.56 Å². The first-order valence-electron chi connectivity index (χ1n) is 8.09. The topological polar surface area (TPSA) is 78.3 Å². The number of ether oxygens (including phenoxy) is 1. The number of thiophene rings is 2. The van der Waals surface area contributed by atoms with Crippen LogP contribution in [0.15, 0.2) is 17.2 Å². The minimum atomic E-state index is -0.459. The van der Waals surface area contributed by atoms with Gasteiger partial charge in [0.1, 0.15) is 9.71 Å². The number of Topliss-reactive ketones (excluding diaryl/α,β-unsaturated/α-hetero) is 1. The summed E-state index contributed by atoms with van der Waals surface area (Å²) < 4.78 is 6.33. The average molecular weight is 390 g/mol. The molecule has 3 aromatic rings. The Morgan fingerprint density at radius 2 is 1.96 bits per heavy atom. The SMILES string of the molecule is CCOC(=O)c1sc2ncn(CC(=O)c3cc(C)sc3C)c(=O)c2c1C. The van der Waals surface area contributed by atoms with Gasteiger partial charge in [-0.1, -0.05) is 0 Å². The number of aryl methyl sites for hydroxylation is 3. The second-order valence-electron chi connectivity index (χ2n) is 5.88. The number of carbonyl (C=O) groups excluding carboxylic acids is 2. The number of rotatable bonds is 5. The summed E-state index contributed by atoms with van der Waals surface area (Å²) in [6.45, 7) is 7.45. The molecule has 0 aliphatic heterocycles. The molecule has 0 bridgehead atoms. The fourth-order valence-electron chi connectivity index (χ4n) is 2.81. The van der Waals surface area contributed by atoms with Gasteiger partial charge in [0.05, 0.1) is 24.9 Å². The lowest BCUT2D eigenvalue weighted by molar-refractivity contribution is 0.0531. The molecule has 0 fully saturated rings. The maximum atomic E-state index is 12.8. The van der Waals surface area contributed by atoms with Gasteiger partial charge in [-0.15, -0.1) is 22.7 Å². The van der Waals surface area contributed by atoms with Crippen LogP contribution in [-0.4, -0.2) is 27.9 Å². The molecule has 0 aliphatic carbocycles. The second kappa shape index (κ2) is 7.13. The van der Waals surface area contributed by atoms with E-state index in [-0.39, 0.29) is 24.5 Å². The van der Waals surface area contributed by atoms with Crippen LogP contribution in [-0.2, 0) is 11.3 Å². The first kappa shape index (κ1) is 18.5. The molecule has 0 saturated carbocycles. The van der Waals surface area contributed by atoms with E-state index in [2.05, 4.69) is 4.98 Å². The van der Waals surface area contributed by atoms with Crippen molar-refractivity contribution < 1.29 is 14.3 Å². The Balaban J connectivity index is 2.00. The molecule has 0 amide bonds. The van der Waals surface area contributed by atoms with Crippen molar-refractivity contribution in [3.8, 4) is 0 Å². The Bertz CT molecular complexity index is 1070. The predicted molar refractivity (Wildman–Crippen MR) is 103 cm³/mol. The van der Waals surface area contributed by atoms with Crippen LogP contribution in [0.3, 0.4) is 0 Å². The third-order valence-corrected chi connectivity index (χ3v) is 6.18. The van der Waals surface area contributed by atoms with E-state index in [9.17, 15) is 14.4 Å². The van der Waals surface area contributed by atoms with Crippen LogP contribution in [0.1, 0.15) is 42.3 Å². The van der Waals surface area contributed by atoms with E-state index in [1.165, 1.54) is 10.9 Å². The standard InChI is InChI=1S/C18H18N2O4S2/c1-5-24-18(23)15-10(3)14-16(26-15)19-8-20(17(14)22)7-13(21)12-6-9(2)25-11(12)4/h6,8H,5,7H2,1-4H3. The van der Waals surface area contributed by atoms with E-state index in [4.69, 9.17) is 4.74 Å². The smallest absolute Gasteiger partial charge is 0.348 e. The molecule has 3 rings (SSSR count). The summed E-state index contributed by atoms with van der Waals surface area (Å²) in [6, 6.07) is 1.84. The number of aromatic nitrogens is 2. The molecular weight excluding hydrogens is 372 g/mol. The van der Waals surface area contributed by atoms with Crippen molar-refractivity contribution in [3.63, 3.8) is 0 Å². The molecule has 0 saturated heterocycles. The molecule has 0 aliphatic rings. The zero-order valence-corrected chi connectivity index (χ0v) is 16.5. The lowest BCUT2D eigenvalue weighted by atomic mass is 10.1. The van der Waals surface area contributed by atoms with Crippen molar-refractivity contribution in [2.24, 2.45) is 0 Å². The molecule has 0 unspecified atom stereocenters. The first-order chi connectivity index (χ1) is 12.3. The highest BCUT2D eigenvalue weighted by atomic mass is 32.1. The molecule has 3 heterocycles. The predicted octanol–water partition coefficient (Wildman–Crippen LogP) is 3.50. The maximum Gasteiger partial charge on any atom is 0.348 e. The van der Waals surface area contributed by atoms with Gasteiger partial charge < -0.3 is 4.74 Å². The molecule has 26 heavy (non-hydrogen) atoms. The number of ketones is 1. The Labute approximate surface area is 158 Å². The van der Waals surface area contributed by atoms with Gasteiger partial charge in [-0.2, -0.15) is 0 Å². The molecule has 8 heteroatoms. The number of hydrogen-bond donors (Lipinski definition) is 0. The van der Waals surface area contributed by atoms with Crippen LogP contribution in [0.5, 0.6) is 0 Å². The van der Waals surface area contributed by atoms with Gasteiger partial charge >= 0.3 is 5.97 Å². The van der Waals surface area contributed by atoms with Gasteiger partial charge in [0.2, 0.25) is 0 Å². The van der Waals surface area contributed by atoms with Crippen LogP contribution in [0.2, 0.25) is 0 Å². The molecule has 0 spiro atoms. The van der Waals surface area contributed by atoms with Gasteiger partial charge in [0, 0.05) is 15.3 Å². The van der Waals surface area contributed by atoms with E-state index in [0.29, 0.717) is 26.2 Å². The van der Waals surface area contributed by atoms with Crippen LogP contribution >= 0.6 is 22.7 Å².